The Hall–Kier alpha value is -1.67. The number of nitrogens with zero attached hydrogens (tertiary/aromatic N) is 5. The predicted molar refractivity (Wildman–Crippen MR) is 92.9 cm³/mol. The fourth-order valence-electron chi connectivity index (χ4n) is 2.38. The molecule has 0 saturated carbocycles. The summed E-state index contributed by atoms with van der Waals surface area (Å²) in [5, 5.41) is 4.23. The van der Waals surface area contributed by atoms with Gasteiger partial charge in [-0.2, -0.15) is 0 Å². The van der Waals surface area contributed by atoms with Crippen molar-refractivity contribution in [2.45, 2.75) is 13.3 Å². The smallest absolute Gasteiger partial charge is 0.191 e. The van der Waals surface area contributed by atoms with Gasteiger partial charge < -0.3 is 15.5 Å². The van der Waals surface area contributed by atoms with E-state index in [2.05, 4.69) is 31.7 Å². The SMILES string of the molecule is Cc1cnc(CCN=C(N)N2CCN(c3nccs3)CC2)s1. The highest BCUT2D eigenvalue weighted by molar-refractivity contribution is 7.13. The van der Waals surface area contributed by atoms with Crippen LogP contribution < -0.4 is 10.6 Å². The first-order valence-electron chi connectivity index (χ1n) is 7.33. The molecular formula is C14H20N6S2. The fourth-order valence-corrected chi connectivity index (χ4v) is 3.85. The molecule has 118 valence electrons. The Kier molecular flexibility index (Phi) is 4.89. The Morgan fingerprint density at radius 3 is 2.77 bits per heavy atom. The number of thiazole rings is 2. The molecule has 0 aromatic carbocycles. The number of hydrogen-bond acceptors (Lipinski definition) is 6. The van der Waals surface area contributed by atoms with E-state index in [1.807, 2.05) is 17.8 Å². The van der Waals surface area contributed by atoms with Crippen LogP contribution in [0.2, 0.25) is 0 Å². The van der Waals surface area contributed by atoms with Crippen LogP contribution in [0, 0.1) is 6.92 Å². The number of aliphatic imine (C=N–C) groups is 1. The number of nitrogens with two attached hydrogens (primary N) is 1. The molecule has 0 spiro atoms. The molecule has 1 saturated heterocycles. The molecule has 0 amide bonds. The van der Waals surface area contributed by atoms with E-state index >= 15 is 0 Å². The molecule has 3 rings (SSSR count). The van der Waals surface area contributed by atoms with Gasteiger partial charge in [0.1, 0.15) is 0 Å². The van der Waals surface area contributed by atoms with E-state index in [1.54, 1.807) is 22.7 Å². The molecule has 0 atom stereocenters. The number of rotatable bonds is 4. The molecule has 0 radical (unpaired) electrons. The number of aromatic nitrogens is 2. The minimum Gasteiger partial charge on any atom is -0.370 e. The Balaban J connectivity index is 1.46. The summed E-state index contributed by atoms with van der Waals surface area (Å²) in [6, 6.07) is 0. The van der Waals surface area contributed by atoms with Crippen LogP contribution in [0.4, 0.5) is 5.13 Å². The van der Waals surface area contributed by atoms with Crippen molar-refractivity contribution in [3.63, 3.8) is 0 Å². The van der Waals surface area contributed by atoms with Crippen LogP contribution in [-0.2, 0) is 6.42 Å². The Morgan fingerprint density at radius 1 is 1.32 bits per heavy atom. The molecule has 2 N–H and O–H groups in total. The number of guanidine groups is 1. The van der Waals surface area contributed by atoms with Gasteiger partial charge in [-0.05, 0) is 6.92 Å². The zero-order chi connectivity index (χ0) is 15.4. The number of piperazine rings is 1. The average Bonchev–Trinajstić information content (AvgIpc) is 3.19. The lowest BCUT2D eigenvalue weighted by Crippen LogP contribution is -2.51. The van der Waals surface area contributed by atoms with Crippen LogP contribution in [0.3, 0.4) is 0 Å². The molecule has 2 aromatic heterocycles. The topological polar surface area (TPSA) is 70.6 Å². The third kappa shape index (κ3) is 3.75. The van der Waals surface area contributed by atoms with Gasteiger partial charge in [0, 0.05) is 61.8 Å². The van der Waals surface area contributed by atoms with E-state index in [1.165, 1.54) is 4.88 Å². The Labute approximate surface area is 138 Å². The molecule has 2 aromatic rings. The number of anilines is 1. The van der Waals surface area contributed by atoms with E-state index in [0.717, 1.165) is 42.7 Å². The lowest BCUT2D eigenvalue weighted by atomic mass is 10.3. The maximum atomic E-state index is 6.11. The third-order valence-electron chi connectivity index (χ3n) is 3.56. The first-order chi connectivity index (χ1) is 10.7. The van der Waals surface area contributed by atoms with Gasteiger partial charge in [-0.15, -0.1) is 22.7 Å². The highest BCUT2D eigenvalue weighted by Gasteiger charge is 2.19. The highest BCUT2D eigenvalue weighted by Crippen LogP contribution is 2.18. The summed E-state index contributed by atoms with van der Waals surface area (Å²) in [4.78, 5) is 18.9. The second-order valence-electron chi connectivity index (χ2n) is 5.14. The van der Waals surface area contributed by atoms with Crippen LogP contribution in [0.5, 0.6) is 0 Å². The van der Waals surface area contributed by atoms with Crippen molar-refractivity contribution in [2.24, 2.45) is 10.7 Å². The lowest BCUT2D eigenvalue weighted by molar-refractivity contribution is 0.380. The minimum absolute atomic E-state index is 0.645. The van der Waals surface area contributed by atoms with E-state index in [4.69, 9.17) is 5.73 Å². The Bertz CT molecular complexity index is 613. The zero-order valence-corrected chi connectivity index (χ0v) is 14.2. The predicted octanol–water partition coefficient (Wildman–Crippen LogP) is 1.59. The second kappa shape index (κ2) is 7.06. The maximum Gasteiger partial charge on any atom is 0.191 e. The van der Waals surface area contributed by atoms with E-state index in [0.29, 0.717) is 12.5 Å². The monoisotopic (exact) mass is 336 g/mol. The van der Waals surface area contributed by atoms with Crippen molar-refractivity contribution in [3.8, 4) is 0 Å². The summed E-state index contributed by atoms with van der Waals surface area (Å²) in [6.07, 6.45) is 4.62. The summed E-state index contributed by atoms with van der Waals surface area (Å²) < 4.78 is 0. The van der Waals surface area contributed by atoms with Gasteiger partial charge in [-0.3, -0.25) is 4.99 Å². The second-order valence-corrected chi connectivity index (χ2v) is 7.34. The molecular weight excluding hydrogens is 316 g/mol. The number of hydrogen-bond donors (Lipinski definition) is 1. The summed E-state index contributed by atoms with van der Waals surface area (Å²) in [6.45, 7) is 6.44. The summed E-state index contributed by atoms with van der Waals surface area (Å²) in [5.41, 5.74) is 6.11. The van der Waals surface area contributed by atoms with Crippen LogP contribution in [0.1, 0.15) is 9.88 Å². The molecule has 3 heterocycles. The van der Waals surface area contributed by atoms with Crippen molar-refractivity contribution >= 4 is 33.8 Å². The van der Waals surface area contributed by atoms with Crippen LogP contribution in [-0.4, -0.2) is 53.6 Å². The normalized spacial score (nSPS) is 16.3. The molecule has 1 fully saturated rings. The standard InChI is InChI=1S/C14H20N6S2/c1-11-10-18-12(22-11)2-3-16-13(15)19-5-7-20(8-6-19)14-17-4-9-21-14/h4,9-10H,2-3,5-8H2,1H3,(H2,15,16). The van der Waals surface area contributed by atoms with E-state index in [9.17, 15) is 0 Å². The van der Waals surface area contributed by atoms with Gasteiger partial charge >= 0.3 is 0 Å². The summed E-state index contributed by atoms with van der Waals surface area (Å²) in [7, 11) is 0. The van der Waals surface area contributed by atoms with Gasteiger partial charge in [0.25, 0.3) is 0 Å². The molecule has 8 heteroatoms. The van der Waals surface area contributed by atoms with Crippen molar-refractivity contribution in [3.05, 3.63) is 27.7 Å². The van der Waals surface area contributed by atoms with Crippen LogP contribution >= 0.6 is 22.7 Å². The molecule has 22 heavy (non-hydrogen) atoms. The van der Waals surface area contributed by atoms with Gasteiger partial charge in [-0.25, -0.2) is 9.97 Å². The molecule has 0 bridgehead atoms. The van der Waals surface area contributed by atoms with Crippen molar-refractivity contribution in [1.29, 1.82) is 0 Å². The quantitative estimate of drug-likeness (QED) is 0.678. The van der Waals surface area contributed by atoms with Crippen LogP contribution in [0.15, 0.2) is 22.8 Å². The van der Waals surface area contributed by atoms with Crippen molar-refractivity contribution < 1.29 is 0 Å². The van der Waals surface area contributed by atoms with Gasteiger partial charge in [0.05, 0.1) is 5.01 Å². The lowest BCUT2D eigenvalue weighted by Gasteiger charge is -2.35. The molecule has 1 aliphatic heterocycles. The van der Waals surface area contributed by atoms with Gasteiger partial charge in [0.2, 0.25) is 0 Å². The number of aryl methyl sites for hydroxylation is 1. The maximum absolute atomic E-state index is 6.11. The van der Waals surface area contributed by atoms with Gasteiger partial charge in [0.15, 0.2) is 11.1 Å². The fraction of sp³-hybridized carbons (Fsp3) is 0.500. The summed E-state index contributed by atoms with van der Waals surface area (Å²) in [5.74, 6) is 0.645. The third-order valence-corrected chi connectivity index (χ3v) is 5.37. The van der Waals surface area contributed by atoms with Gasteiger partial charge in [-0.1, -0.05) is 0 Å². The van der Waals surface area contributed by atoms with E-state index < -0.39 is 0 Å². The molecule has 0 aliphatic carbocycles. The van der Waals surface area contributed by atoms with Crippen LogP contribution in [0.25, 0.3) is 0 Å². The molecule has 1 aliphatic rings. The van der Waals surface area contributed by atoms with E-state index in [-0.39, 0.29) is 0 Å². The average molecular weight is 336 g/mol. The zero-order valence-electron chi connectivity index (χ0n) is 12.6. The van der Waals surface area contributed by atoms with Crippen molar-refractivity contribution in [2.75, 3.05) is 37.6 Å². The summed E-state index contributed by atoms with van der Waals surface area (Å²) >= 11 is 3.41. The molecule has 0 unspecified atom stereocenters. The Morgan fingerprint density at radius 2 is 2.14 bits per heavy atom. The minimum atomic E-state index is 0.645. The first-order valence-corrected chi connectivity index (χ1v) is 9.02. The molecule has 6 nitrogen and oxygen atoms in total. The van der Waals surface area contributed by atoms with Crippen molar-refractivity contribution in [1.82, 2.24) is 14.9 Å². The largest absolute Gasteiger partial charge is 0.370 e. The first kappa shape index (κ1) is 15.2. The highest BCUT2D eigenvalue weighted by atomic mass is 32.1.